The highest BCUT2D eigenvalue weighted by atomic mass is 16.1. The van der Waals surface area contributed by atoms with E-state index in [-0.39, 0.29) is 17.9 Å². The van der Waals surface area contributed by atoms with Crippen LogP contribution in [0.25, 0.3) is 0 Å². The second-order valence-corrected chi connectivity index (χ2v) is 6.35. The first-order chi connectivity index (χ1) is 10.1. The van der Waals surface area contributed by atoms with Crippen LogP contribution < -0.4 is 11.1 Å². The number of hydrogen-bond acceptors (Lipinski definition) is 3. The predicted molar refractivity (Wildman–Crippen MR) is 85.6 cm³/mol. The first kappa shape index (κ1) is 16.0. The molecule has 0 saturated heterocycles. The third-order valence-corrected chi connectivity index (χ3v) is 4.14. The number of nitrogens with two attached hydrogens (primary N) is 1. The van der Waals surface area contributed by atoms with E-state index in [9.17, 15) is 4.79 Å². The Morgan fingerprint density at radius 2 is 2.00 bits per heavy atom. The predicted octanol–water partition coefficient (Wildman–Crippen LogP) is 1.88. The van der Waals surface area contributed by atoms with Gasteiger partial charge in [0.25, 0.3) is 0 Å². The Bertz CT molecular complexity index is 473. The number of hydrogen-bond donors (Lipinski definition) is 2. The molecule has 4 heteroatoms. The summed E-state index contributed by atoms with van der Waals surface area (Å²) in [7, 11) is 4.11. The molecular weight excluding hydrogens is 262 g/mol. The van der Waals surface area contributed by atoms with Crippen molar-refractivity contribution in [1.82, 2.24) is 10.2 Å². The zero-order valence-electron chi connectivity index (χ0n) is 13.1. The molecule has 0 radical (unpaired) electrons. The van der Waals surface area contributed by atoms with Crippen LogP contribution in [0.2, 0.25) is 0 Å². The van der Waals surface area contributed by atoms with E-state index < -0.39 is 0 Å². The van der Waals surface area contributed by atoms with Gasteiger partial charge in [0.1, 0.15) is 0 Å². The third kappa shape index (κ3) is 4.83. The quantitative estimate of drug-likeness (QED) is 0.870. The highest BCUT2D eigenvalue weighted by Gasteiger charge is 2.25. The lowest BCUT2D eigenvalue weighted by molar-refractivity contribution is -0.126. The molecule has 1 aromatic carbocycles. The summed E-state index contributed by atoms with van der Waals surface area (Å²) in [5, 5.41) is 3.09. The van der Waals surface area contributed by atoms with Crippen molar-refractivity contribution in [3.05, 3.63) is 35.4 Å². The minimum absolute atomic E-state index is 0.0924. The van der Waals surface area contributed by atoms with Gasteiger partial charge < -0.3 is 16.0 Å². The topological polar surface area (TPSA) is 58.4 Å². The maximum Gasteiger partial charge on any atom is 0.223 e. The van der Waals surface area contributed by atoms with Gasteiger partial charge >= 0.3 is 0 Å². The Balaban J connectivity index is 1.91. The third-order valence-electron chi connectivity index (χ3n) is 4.14. The minimum Gasteiger partial charge on any atom is -0.352 e. The van der Waals surface area contributed by atoms with Crippen molar-refractivity contribution >= 4 is 5.91 Å². The Kier molecular flexibility index (Phi) is 5.76. The molecule has 1 saturated carbocycles. The average Bonchev–Trinajstić information content (AvgIpc) is 2.45. The number of carbonyl (C=O) groups excluding carboxylic acids is 1. The molecule has 21 heavy (non-hydrogen) atoms. The van der Waals surface area contributed by atoms with E-state index in [2.05, 4.69) is 36.4 Å². The second kappa shape index (κ2) is 7.57. The fourth-order valence-corrected chi connectivity index (χ4v) is 3.02. The van der Waals surface area contributed by atoms with E-state index in [0.717, 1.165) is 32.2 Å². The Morgan fingerprint density at radius 1 is 1.29 bits per heavy atom. The van der Waals surface area contributed by atoms with Gasteiger partial charge in [-0.05, 0) is 44.5 Å². The van der Waals surface area contributed by atoms with Crippen LogP contribution in [-0.2, 0) is 17.9 Å². The zero-order chi connectivity index (χ0) is 15.2. The fraction of sp³-hybridized carbons (Fsp3) is 0.588. The SMILES string of the molecule is CN(C)Cc1ccccc1CNC(=O)C1CCCC(N)C1. The number of carbonyl (C=O) groups is 1. The molecule has 1 fully saturated rings. The molecule has 4 nitrogen and oxygen atoms in total. The van der Waals surface area contributed by atoms with E-state index >= 15 is 0 Å². The number of amides is 1. The molecule has 2 unspecified atom stereocenters. The van der Waals surface area contributed by atoms with E-state index in [1.807, 2.05) is 12.1 Å². The van der Waals surface area contributed by atoms with Crippen LogP contribution in [0.15, 0.2) is 24.3 Å². The van der Waals surface area contributed by atoms with Gasteiger partial charge in [0, 0.05) is 25.0 Å². The van der Waals surface area contributed by atoms with Crippen molar-refractivity contribution < 1.29 is 4.79 Å². The molecule has 0 spiro atoms. The monoisotopic (exact) mass is 289 g/mol. The molecule has 1 aromatic rings. The number of nitrogens with one attached hydrogen (secondary N) is 1. The lowest BCUT2D eigenvalue weighted by Gasteiger charge is -2.25. The number of rotatable bonds is 5. The second-order valence-electron chi connectivity index (χ2n) is 6.35. The van der Waals surface area contributed by atoms with Crippen molar-refractivity contribution in [3.8, 4) is 0 Å². The normalized spacial score (nSPS) is 22.3. The highest BCUT2D eigenvalue weighted by molar-refractivity contribution is 5.78. The maximum atomic E-state index is 12.3. The molecule has 1 aliphatic carbocycles. The summed E-state index contributed by atoms with van der Waals surface area (Å²) in [6.45, 7) is 1.49. The van der Waals surface area contributed by atoms with Gasteiger partial charge in [-0.15, -0.1) is 0 Å². The molecular formula is C17H27N3O. The fourth-order valence-electron chi connectivity index (χ4n) is 3.02. The van der Waals surface area contributed by atoms with Crippen molar-refractivity contribution in [3.63, 3.8) is 0 Å². The molecule has 1 aliphatic rings. The maximum absolute atomic E-state index is 12.3. The summed E-state index contributed by atoms with van der Waals surface area (Å²) in [5.41, 5.74) is 8.42. The molecule has 116 valence electrons. The van der Waals surface area contributed by atoms with Gasteiger partial charge in [0.15, 0.2) is 0 Å². The summed E-state index contributed by atoms with van der Waals surface area (Å²) in [5.74, 6) is 0.250. The van der Waals surface area contributed by atoms with Crippen LogP contribution in [0.3, 0.4) is 0 Å². The molecule has 2 atom stereocenters. The summed E-state index contributed by atoms with van der Waals surface area (Å²) in [4.78, 5) is 14.4. The number of benzene rings is 1. The van der Waals surface area contributed by atoms with Gasteiger partial charge in [-0.1, -0.05) is 30.7 Å². The summed E-state index contributed by atoms with van der Waals surface area (Å²) in [6.07, 6.45) is 3.91. The van der Waals surface area contributed by atoms with Crippen LogP contribution in [0.5, 0.6) is 0 Å². The Labute approximate surface area is 127 Å². The molecule has 0 heterocycles. The zero-order valence-corrected chi connectivity index (χ0v) is 13.1. The van der Waals surface area contributed by atoms with Crippen molar-refractivity contribution in [2.24, 2.45) is 11.7 Å². The largest absolute Gasteiger partial charge is 0.352 e. The van der Waals surface area contributed by atoms with Gasteiger partial charge in [0.05, 0.1) is 0 Å². The minimum atomic E-state index is 0.0924. The average molecular weight is 289 g/mol. The van der Waals surface area contributed by atoms with E-state index in [1.165, 1.54) is 11.1 Å². The lowest BCUT2D eigenvalue weighted by Crippen LogP contribution is -2.37. The van der Waals surface area contributed by atoms with Crippen molar-refractivity contribution in [1.29, 1.82) is 0 Å². The Hall–Kier alpha value is -1.39. The van der Waals surface area contributed by atoms with Gasteiger partial charge in [0.2, 0.25) is 5.91 Å². The smallest absolute Gasteiger partial charge is 0.223 e. The summed E-state index contributed by atoms with van der Waals surface area (Å²) >= 11 is 0. The van der Waals surface area contributed by atoms with Crippen molar-refractivity contribution in [2.45, 2.75) is 44.8 Å². The van der Waals surface area contributed by atoms with Crippen LogP contribution >= 0.6 is 0 Å². The van der Waals surface area contributed by atoms with Crippen LogP contribution in [-0.4, -0.2) is 30.9 Å². The van der Waals surface area contributed by atoms with E-state index in [4.69, 9.17) is 5.73 Å². The van der Waals surface area contributed by atoms with Crippen LogP contribution in [0, 0.1) is 5.92 Å². The van der Waals surface area contributed by atoms with Crippen LogP contribution in [0.4, 0.5) is 0 Å². The molecule has 0 aliphatic heterocycles. The van der Waals surface area contributed by atoms with E-state index in [1.54, 1.807) is 0 Å². The molecule has 3 N–H and O–H groups in total. The van der Waals surface area contributed by atoms with Gasteiger partial charge in [-0.25, -0.2) is 0 Å². The first-order valence-corrected chi connectivity index (χ1v) is 7.81. The molecule has 0 aromatic heterocycles. The standard InChI is InChI=1S/C17H27N3O/c1-20(2)12-15-7-4-3-6-14(15)11-19-17(21)13-8-5-9-16(18)10-13/h3-4,6-7,13,16H,5,8-12,18H2,1-2H3,(H,19,21). The molecule has 1 amide bonds. The van der Waals surface area contributed by atoms with E-state index in [0.29, 0.717) is 6.54 Å². The highest BCUT2D eigenvalue weighted by Crippen LogP contribution is 2.23. The van der Waals surface area contributed by atoms with Crippen LogP contribution in [0.1, 0.15) is 36.8 Å². The molecule has 0 bridgehead atoms. The summed E-state index contributed by atoms with van der Waals surface area (Å²) < 4.78 is 0. The number of nitrogens with zero attached hydrogens (tertiary/aromatic N) is 1. The van der Waals surface area contributed by atoms with Gasteiger partial charge in [-0.2, -0.15) is 0 Å². The Morgan fingerprint density at radius 3 is 2.67 bits per heavy atom. The first-order valence-electron chi connectivity index (χ1n) is 7.81. The lowest BCUT2D eigenvalue weighted by atomic mass is 9.85. The van der Waals surface area contributed by atoms with Crippen molar-refractivity contribution in [2.75, 3.05) is 14.1 Å². The summed E-state index contributed by atoms with van der Waals surface area (Å²) in [6, 6.07) is 8.47. The van der Waals surface area contributed by atoms with Gasteiger partial charge in [-0.3, -0.25) is 4.79 Å². The molecule has 2 rings (SSSR count).